The van der Waals surface area contributed by atoms with E-state index in [1.54, 1.807) is 11.1 Å². The van der Waals surface area contributed by atoms with Crippen LogP contribution in [0.25, 0.3) is 0 Å². The fourth-order valence-electron chi connectivity index (χ4n) is 6.28. The van der Waals surface area contributed by atoms with Crippen molar-refractivity contribution < 1.29 is 45.7 Å². The van der Waals surface area contributed by atoms with Gasteiger partial charge < -0.3 is 24.8 Å². The molecule has 0 aliphatic heterocycles. The third kappa shape index (κ3) is 4.46. The SMILES string of the molecule is CC[C@@H]1[C]([Zr+2]([C]2=CC3=C(CCCC3)[C@H]2CC)[SiH](C)C)=CC2=C1CCCC2.[Cl-].[Cl-]. The maximum Gasteiger partial charge on any atom is -1.00 e. The van der Waals surface area contributed by atoms with E-state index >= 15 is 0 Å². The van der Waals surface area contributed by atoms with E-state index in [9.17, 15) is 0 Å². The van der Waals surface area contributed by atoms with E-state index in [2.05, 4.69) is 39.1 Å². The Morgan fingerprint density at radius 3 is 1.50 bits per heavy atom. The standard InChI is InChI=1S/2C11H15.C2H7Si.2ClH.Zr/c2*1-2-9-7-8-10-5-3-4-6-11(9)10;1-3-2;;;/h2*8-9H,2-6H2,1H3;3H,1-2H3;2*1H;/q;;;;;+2/p-2/t2*9-;;;;/m10..../s1. The van der Waals surface area contributed by atoms with Gasteiger partial charge in [0.15, 0.2) is 0 Å². The Balaban J connectivity index is 0.00000140. The summed E-state index contributed by atoms with van der Waals surface area (Å²) in [6.45, 7) is 10.3. The summed E-state index contributed by atoms with van der Waals surface area (Å²) in [7, 11) is 0. The second-order valence-electron chi connectivity index (χ2n) is 9.20. The van der Waals surface area contributed by atoms with Crippen molar-refractivity contribution in [3.05, 3.63) is 41.0 Å². The minimum Gasteiger partial charge on any atom is -1.00 e. The molecule has 0 radical (unpaired) electrons. The quantitative estimate of drug-likeness (QED) is 0.483. The number of hydrogen-bond donors (Lipinski definition) is 0. The fourth-order valence-corrected chi connectivity index (χ4v) is 27.0. The van der Waals surface area contributed by atoms with E-state index in [1.807, 2.05) is 17.7 Å². The van der Waals surface area contributed by atoms with Gasteiger partial charge in [0.05, 0.1) is 0 Å². The van der Waals surface area contributed by atoms with E-state index in [0.29, 0.717) is 0 Å². The van der Waals surface area contributed by atoms with Crippen LogP contribution in [0.15, 0.2) is 41.0 Å². The normalized spacial score (nSPS) is 26.3. The monoisotopic (exact) mass is 513 g/mol. The van der Waals surface area contributed by atoms with E-state index in [4.69, 9.17) is 0 Å². The molecule has 0 aromatic heterocycles. The number of allylic oxidation sites excluding steroid dienone is 8. The van der Waals surface area contributed by atoms with Gasteiger partial charge in [0.25, 0.3) is 0 Å². The van der Waals surface area contributed by atoms with Crippen LogP contribution in [-0.2, 0) is 20.9 Å². The zero-order valence-electron chi connectivity index (χ0n) is 18.2. The second-order valence-corrected chi connectivity index (χ2v) is 28.3. The van der Waals surface area contributed by atoms with Crippen LogP contribution in [0.4, 0.5) is 0 Å². The molecule has 4 aliphatic rings. The van der Waals surface area contributed by atoms with Crippen molar-refractivity contribution in [3.8, 4) is 0 Å². The van der Waals surface area contributed by atoms with Gasteiger partial charge in [-0.05, 0) is 0 Å². The maximum atomic E-state index is 2.80. The van der Waals surface area contributed by atoms with Crippen molar-refractivity contribution in [3.63, 3.8) is 0 Å². The Kier molecular flexibility index (Phi) is 9.60. The molecule has 0 N–H and O–H groups in total. The predicted octanol–water partition coefficient (Wildman–Crippen LogP) is 1.18. The topological polar surface area (TPSA) is 0 Å². The Bertz CT molecular complexity index is 645. The predicted molar refractivity (Wildman–Crippen MR) is 114 cm³/mol. The molecule has 0 nitrogen and oxygen atoms in total. The zero-order chi connectivity index (χ0) is 18.3. The van der Waals surface area contributed by atoms with Crippen LogP contribution in [0.5, 0.6) is 0 Å². The Morgan fingerprint density at radius 1 is 0.750 bits per heavy atom. The van der Waals surface area contributed by atoms with Crippen molar-refractivity contribution in [2.45, 2.75) is 91.1 Å². The summed E-state index contributed by atoms with van der Waals surface area (Å²) in [6.07, 6.45) is 19.7. The fraction of sp³-hybridized carbons (Fsp3) is 0.667. The van der Waals surface area contributed by atoms with Crippen LogP contribution in [0.1, 0.15) is 78.1 Å². The van der Waals surface area contributed by atoms with E-state index < -0.39 is 26.8 Å². The molecule has 4 aliphatic carbocycles. The molecule has 0 saturated carbocycles. The van der Waals surface area contributed by atoms with Gasteiger partial charge in [-0.1, -0.05) is 0 Å². The van der Waals surface area contributed by atoms with Crippen LogP contribution >= 0.6 is 0 Å². The van der Waals surface area contributed by atoms with Gasteiger partial charge in [-0.25, -0.2) is 0 Å². The number of hydrogen-bond acceptors (Lipinski definition) is 0. The van der Waals surface area contributed by atoms with Crippen molar-refractivity contribution in [2.24, 2.45) is 11.8 Å². The molecule has 0 unspecified atom stereocenters. The van der Waals surface area contributed by atoms with Crippen molar-refractivity contribution in [1.82, 2.24) is 0 Å². The molecule has 0 aromatic carbocycles. The molecule has 4 rings (SSSR count). The minimum absolute atomic E-state index is 0. The molecule has 0 saturated heterocycles. The van der Waals surface area contributed by atoms with Gasteiger partial charge in [-0.15, -0.1) is 0 Å². The first-order chi connectivity index (χ1) is 12.7. The van der Waals surface area contributed by atoms with Crippen LogP contribution < -0.4 is 24.8 Å². The summed E-state index contributed by atoms with van der Waals surface area (Å²) in [5.41, 5.74) is 7.39. The van der Waals surface area contributed by atoms with E-state index in [0.717, 1.165) is 11.8 Å². The molecule has 28 heavy (non-hydrogen) atoms. The first-order valence-electron chi connectivity index (χ1n) is 11.4. The molecule has 0 fully saturated rings. The van der Waals surface area contributed by atoms with Crippen LogP contribution in [0.2, 0.25) is 13.1 Å². The average molecular weight is 516 g/mol. The zero-order valence-corrected chi connectivity index (χ0v) is 23.3. The first-order valence-corrected chi connectivity index (χ1v) is 21.0. The maximum absolute atomic E-state index is 2.80. The molecule has 2 atom stereocenters. The van der Waals surface area contributed by atoms with E-state index in [1.165, 1.54) is 64.2 Å². The molecule has 0 spiro atoms. The van der Waals surface area contributed by atoms with E-state index in [-0.39, 0.29) is 24.8 Å². The minimum atomic E-state index is -1.67. The smallest absolute Gasteiger partial charge is 1.00 e. The van der Waals surface area contributed by atoms with Gasteiger partial charge in [0.1, 0.15) is 0 Å². The Morgan fingerprint density at radius 2 is 1.14 bits per heavy atom. The van der Waals surface area contributed by atoms with Crippen LogP contribution in [0.3, 0.4) is 0 Å². The second kappa shape index (κ2) is 10.8. The molecular weight excluding hydrogens is 478 g/mol. The van der Waals surface area contributed by atoms with Crippen molar-refractivity contribution in [2.75, 3.05) is 0 Å². The van der Waals surface area contributed by atoms with Gasteiger partial charge in [-0.3, -0.25) is 0 Å². The largest absolute Gasteiger partial charge is 1.00 e. The first kappa shape index (κ1) is 24.9. The molecule has 0 amide bonds. The van der Waals surface area contributed by atoms with Crippen molar-refractivity contribution in [1.29, 1.82) is 0 Å². The van der Waals surface area contributed by atoms with Gasteiger partial charge in [0.2, 0.25) is 0 Å². The Labute approximate surface area is 194 Å². The molecule has 0 bridgehead atoms. The molecular formula is C24H37Cl2SiZr. The summed E-state index contributed by atoms with van der Waals surface area (Å²) in [6, 6.07) is 0. The van der Waals surface area contributed by atoms with Crippen molar-refractivity contribution >= 4 is 5.92 Å². The number of rotatable bonds is 5. The summed E-state index contributed by atoms with van der Waals surface area (Å²) < 4.78 is 4.10. The molecule has 0 heterocycles. The van der Waals surface area contributed by atoms with Gasteiger partial charge in [0, 0.05) is 0 Å². The molecule has 0 aromatic rings. The molecule has 155 valence electrons. The number of halogens is 2. The summed E-state index contributed by atoms with van der Waals surface area (Å²) >= 11 is -1.67. The average Bonchev–Trinajstić information content (AvgIpc) is 3.19. The third-order valence-corrected chi connectivity index (χ3v) is 26.5. The third-order valence-electron chi connectivity index (χ3n) is 7.38. The van der Waals surface area contributed by atoms with Crippen LogP contribution in [-0.4, -0.2) is 5.92 Å². The van der Waals surface area contributed by atoms with Gasteiger partial charge in [-0.2, -0.15) is 0 Å². The van der Waals surface area contributed by atoms with Gasteiger partial charge >= 0.3 is 171 Å². The summed E-state index contributed by atoms with van der Waals surface area (Å²) in [4.78, 5) is 0. The Hall–Kier alpha value is 0.640. The summed E-state index contributed by atoms with van der Waals surface area (Å²) in [5.74, 6) is 1.13. The van der Waals surface area contributed by atoms with Crippen LogP contribution in [0, 0.1) is 11.8 Å². The summed E-state index contributed by atoms with van der Waals surface area (Å²) in [5, 5.41) is 0. The molecule has 4 heteroatoms.